The van der Waals surface area contributed by atoms with Gasteiger partial charge in [-0.25, -0.2) is 9.78 Å². The number of likely N-dealkylation sites (tertiary alicyclic amines) is 1. The highest BCUT2D eigenvalue weighted by Crippen LogP contribution is 2.44. The highest BCUT2D eigenvalue weighted by molar-refractivity contribution is 5.97. The summed E-state index contributed by atoms with van der Waals surface area (Å²) in [5, 5.41) is 0. The van der Waals surface area contributed by atoms with Gasteiger partial charge in [0, 0.05) is 37.1 Å². The van der Waals surface area contributed by atoms with Crippen molar-refractivity contribution in [3.05, 3.63) is 65.5 Å². The summed E-state index contributed by atoms with van der Waals surface area (Å²) in [7, 11) is 0. The van der Waals surface area contributed by atoms with Crippen LogP contribution >= 0.6 is 0 Å². The third kappa shape index (κ3) is 2.15. The van der Waals surface area contributed by atoms with Crippen molar-refractivity contribution in [1.29, 1.82) is 0 Å². The Hall–Kier alpha value is -3.15. The van der Waals surface area contributed by atoms with Crippen molar-refractivity contribution in [3.63, 3.8) is 0 Å². The Morgan fingerprint density at radius 1 is 1.15 bits per heavy atom. The molecule has 6 nitrogen and oxygen atoms in total. The van der Waals surface area contributed by atoms with E-state index >= 15 is 0 Å². The molecular formula is C20H17N3O3. The van der Waals surface area contributed by atoms with Crippen molar-refractivity contribution < 1.29 is 14.3 Å². The van der Waals surface area contributed by atoms with Crippen molar-refractivity contribution >= 4 is 22.9 Å². The van der Waals surface area contributed by atoms with Crippen LogP contribution in [0, 0.1) is 0 Å². The van der Waals surface area contributed by atoms with Crippen LogP contribution in [0.15, 0.2) is 48.8 Å². The summed E-state index contributed by atoms with van der Waals surface area (Å²) < 4.78 is 5.75. The molecule has 0 aliphatic carbocycles. The van der Waals surface area contributed by atoms with Gasteiger partial charge in [0.2, 0.25) is 0 Å². The van der Waals surface area contributed by atoms with Crippen LogP contribution in [0.4, 0.5) is 0 Å². The van der Waals surface area contributed by atoms with Crippen LogP contribution in [0.2, 0.25) is 0 Å². The van der Waals surface area contributed by atoms with Gasteiger partial charge in [0.05, 0.1) is 22.9 Å². The fourth-order valence-corrected chi connectivity index (χ4v) is 4.04. The molecule has 2 aliphatic rings. The Morgan fingerprint density at radius 2 is 1.96 bits per heavy atom. The largest absolute Gasteiger partial charge is 0.450 e. The van der Waals surface area contributed by atoms with E-state index in [1.165, 1.54) is 0 Å². The quantitative estimate of drug-likeness (QED) is 0.687. The van der Waals surface area contributed by atoms with Gasteiger partial charge < -0.3 is 14.6 Å². The third-order valence-corrected chi connectivity index (χ3v) is 5.45. The molecule has 130 valence electrons. The standard InChI is InChI=1S/C20H17N3O3/c24-18(13-5-6-16-17(11-13)22-12-21-16)23-9-7-20(8-10-23)15-4-2-1-3-14(15)19(25)26-20/h1-6,11-12H,7-10H2,(H,21,22). The van der Waals surface area contributed by atoms with E-state index in [0.29, 0.717) is 37.1 Å². The zero-order chi connectivity index (χ0) is 17.7. The smallest absolute Gasteiger partial charge is 0.339 e. The minimum atomic E-state index is -0.586. The van der Waals surface area contributed by atoms with Crippen LogP contribution in [-0.4, -0.2) is 39.8 Å². The summed E-state index contributed by atoms with van der Waals surface area (Å²) in [4.78, 5) is 34.1. The van der Waals surface area contributed by atoms with Gasteiger partial charge in [0.15, 0.2) is 0 Å². The van der Waals surface area contributed by atoms with E-state index in [2.05, 4.69) is 9.97 Å². The lowest BCUT2D eigenvalue weighted by Gasteiger charge is -2.38. The maximum atomic E-state index is 12.9. The van der Waals surface area contributed by atoms with Crippen molar-refractivity contribution in [1.82, 2.24) is 14.9 Å². The molecule has 0 radical (unpaired) electrons. The predicted octanol–water partition coefficient (Wildman–Crippen LogP) is 2.86. The number of aromatic amines is 1. The summed E-state index contributed by atoms with van der Waals surface area (Å²) >= 11 is 0. The number of hydrogen-bond donors (Lipinski definition) is 1. The number of hydrogen-bond acceptors (Lipinski definition) is 4. The molecule has 0 atom stereocenters. The minimum absolute atomic E-state index is 0.00559. The number of nitrogens with zero attached hydrogens (tertiary/aromatic N) is 2. The summed E-state index contributed by atoms with van der Waals surface area (Å²) in [5.41, 5.74) is 3.35. The fraction of sp³-hybridized carbons (Fsp3) is 0.250. The van der Waals surface area contributed by atoms with Crippen LogP contribution in [0.3, 0.4) is 0 Å². The Bertz CT molecular complexity index is 1030. The van der Waals surface area contributed by atoms with Crippen molar-refractivity contribution in [2.45, 2.75) is 18.4 Å². The average molecular weight is 347 g/mol. The lowest BCUT2D eigenvalue weighted by Crippen LogP contribution is -2.45. The van der Waals surface area contributed by atoms with Crippen molar-refractivity contribution in [2.24, 2.45) is 0 Å². The van der Waals surface area contributed by atoms with Gasteiger partial charge >= 0.3 is 5.97 Å². The van der Waals surface area contributed by atoms with E-state index in [0.717, 1.165) is 16.6 Å². The Labute approximate surface area is 149 Å². The number of aromatic nitrogens is 2. The predicted molar refractivity (Wildman–Crippen MR) is 94.8 cm³/mol. The van der Waals surface area contributed by atoms with Gasteiger partial charge in [-0.05, 0) is 24.3 Å². The lowest BCUT2D eigenvalue weighted by molar-refractivity contribution is -0.0389. The van der Waals surface area contributed by atoms with E-state index in [9.17, 15) is 9.59 Å². The number of nitrogens with one attached hydrogen (secondary N) is 1. The van der Waals surface area contributed by atoms with Crippen molar-refractivity contribution in [3.8, 4) is 0 Å². The Morgan fingerprint density at radius 3 is 2.81 bits per heavy atom. The van der Waals surface area contributed by atoms with E-state index in [1.807, 2.05) is 41.3 Å². The van der Waals surface area contributed by atoms with E-state index in [4.69, 9.17) is 4.74 Å². The monoisotopic (exact) mass is 347 g/mol. The molecule has 6 heteroatoms. The molecule has 2 aromatic carbocycles. The molecule has 1 aromatic heterocycles. The molecule has 1 fully saturated rings. The summed E-state index contributed by atoms with van der Waals surface area (Å²) in [5.74, 6) is -0.265. The first-order chi connectivity index (χ1) is 12.7. The molecule has 1 spiro atoms. The highest BCUT2D eigenvalue weighted by atomic mass is 16.6. The van der Waals surface area contributed by atoms with Crippen LogP contribution in [0.5, 0.6) is 0 Å². The zero-order valence-electron chi connectivity index (χ0n) is 14.1. The first kappa shape index (κ1) is 15.1. The first-order valence-electron chi connectivity index (χ1n) is 8.72. The molecule has 0 unspecified atom stereocenters. The molecule has 5 rings (SSSR count). The molecule has 1 saturated heterocycles. The van der Waals surface area contributed by atoms with Crippen LogP contribution in [0.1, 0.15) is 39.1 Å². The maximum absolute atomic E-state index is 12.9. The number of piperidine rings is 1. The minimum Gasteiger partial charge on any atom is -0.450 e. The number of benzene rings is 2. The number of H-pyrrole nitrogens is 1. The molecule has 26 heavy (non-hydrogen) atoms. The molecule has 0 saturated carbocycles. The average Bonchev–Trinajstić information content (AvgIpc) is 3.25. The number of carbonyl (C=O) groups excluding carboxylic acids is 2. The fourth-order valence-electron chi connectivity index (χ4n) is 4.04. The number of amides is 1. The second kappa shape index (κ2) is 5.42. The normalized spacial score (nSPS) is 18.2. The number of ether oxygens (including phenoxy) is 1. The lowest BCUT2D eigenvalue weighted by atomic mass is 9.83. The van der Waals surface area contributed by atoms with Gasteiger partial charge in [-0.1, -0.05) is 18.2 Å². The van der Waals surface area contributed by atoms with Gasteiger partial charge in [-0.2, -0.15) is 0 Å². The van der Waals surface area contributed by atoms with Gasteiger partial charge in [0.25, 0.3) is 5.91 Å². The second-order valence-electron chi connectivity index (χ2n) is 6.86. The summed E-state index contributed by atoms with van der Waals surface area (Å²) in [6, 6.07) is 13.0. The molecule has 1 amide bonds. The van der Waals surface area contributed by atoms with Crippen LogP contribution < -0.4 is 0 Å². The van der Waals surface area contributed by atoms with Crippen molar-refractivity contribution in [2.75, 3.05) is 13.1 Å². The summed E-state index contributed by atoms with van der Waals surface area (Å²) in [6.07, 6.45) is 2.86. The van der Waals surface area contributed by atoms with E-state index < -0.39 is 5.60 Å². The number of fused-ring (bicyclic) bond motifs is 3. The maximum Gasteiger partial charge on any atom is 0.339 e. The first-order valence-corrected chi connectivity index (χ1v) is 8.72. The van der Waals surface area contributed by atoms with E-state index in [1.54, 1.807) is 12.4 Å². The van der Waals surface area contributed by atoms with Crippen LogP contribution in [-0.2, 0) is 10.3 Å². The van der Waals surface area contributed by atoms with Gasteiger partial charge in [-0.3, -0.25) is 4.79 Å². The summed E-state index contributed by atoms with van der Waals surface area (Å²) in [6.45, 7) is 1.11. The molecule has 3 aromatic rings. The molecular weight excluding hydrogens is 330 g/mol. The Kier molecular flexibility index (Phi) is 3.16. The van der Waals surface area contributed by atoms with Crippen LogP contribution in [0.25, 0.3) is 11.0 Å². The van der Waals surface area contributed by atoms with Gasteiger partial charge in [0.1, 0.15) is 5.60 Å². The number of rotatable bonds is 1. The topological polar surface area (TPSA) is 75.3 Å². The second-order valence-corrected chi connectivity index (χ2v) is 6.86. The molecule has 0 bridgehead atoms. The molecule has 3 heterocycles. The number of esters is 1. The Balaban J connectivity index is 1.37. The SMILES string of the molecule is O=C1OC2(CCN(C(=O)c3ccc4nc[nH]c4c3)CC2)c2ccccc21. The number of carbonyl (C=O) groups is 2. The number of imidazole rings is 1. The third-order valence-electron chi connectivity index (χ3n) is 5.45. The van der Waals surface area contributed by atoms with Gasteiger partial charge in [-0.15, -0.1) is 0 Å². The van der Waals surface area contributed by atoms with E-state index in [-0.39, 0.29) is 11.9 Å². The highest BCUT2D eigenvalue weighted by Gasteiger charge is 2.47. The molecule has 2 aliphatic heterocycles. The zero-order valence-corrected chi connectivity index (χ0v) is 14.1. The molecule has 1 N–H and O–H groups in total.